The third-order valence-electron chi connectivity index (χ3n) is 5.35. The van der Waals surface area contributed by atoms with E-state index in [0.717, 1.165) is 46.3 Å². The van der Waals surface area contributed by atoms with Crippen LogP contribution in [0.1, 0.15) is 6.42 Å². The lowest BCUT2D eigenvalue weighted by Crippen LogP contribution is -2.50. The highest BCUT2D eigenvalue weighted by Crippen LogP contribution is 2.37. The fourth-order valence-electron chi connectivity index (χ4n) is 3.79. The third-order valence-corrected chi connectivity index (χ3v) is 5.76. The zero-order chi connectivity index (χ0) is 19.4. The van der Waals surface area contributed by atoms with Crippen LogP contribution in [0.15, 0.2) is 30.7 Å². The van der Waals surface area contributed by atoms with E-state index in [1.54, 1.807) is 10.9 Å². The van der Waals surface area contributed by atoms with Gasteiger partial charge in [0, 0.05) is 55.1 Å². The average Bonchev–Trinajstić information content (AvgIpc) is 3.27. The molecular weight excluding hydrogens is 413 g/mol. The van der Waals surface area contributed by atoms with Crippen molar-refractivity contribution in [1.29, 1.82) is 0 Å². The molecule has 4 heterocycles. The summed E-state index contributed by atoms with van der Waals surface area (Å²) in [5.41, 5.74) is 9.96. The number of aliphatic hydroxyl groups is 1. The molecule has 4 N–H and O–H groups in total. The maximum absolute atomic E-state index is 10.1. The van der Waals surface area contributed by atoms with Crippen LogP contribution in [-0.2, 0) is 7.05 Å². The Morgan fingerprint density at radius 1 is 1.31 bits per heavy atom. The lowest BCUT2D eigenvalue weighted by atomic mass is 10.0. The van der Waals surface area contributed by atoms with Gasteiger partial charge < -0.3 is 20.7 Å². The molecule has 0 amide bonds. The standard InChI is InChI=1S/C19H20ClN7O.ClH/c1-26-8-12-14(25-26)3-2-10(17(12)20)11-6-23-19-18(11)22-7-16(24-19)27-5-4-13(21)15(28)9-27;/h2-3,6-8,13,15,28H,4-5,9,21H2,1H3,(H,23,24);1H/t13-,15-;/m0./s1. The maximum Gasteiger partial charge on any atom is 0.159 e. The number of piperidine rings is 1. The molecule has 0 saturated carbocycles. The number of fused-ring (bicyclic) bond motifs is 2. The highest BCUT2D eigenvalue weighted by Gasteiger charge is 2.26. The maximum atomic E-state index is 10.1. The van der Waals surface area contributed by atoms with Crippen LogP contribution in [0.4, 0.5) is 5.82 Å². The van der Waals surface area contributed by atoms with Crippen molar-refractivity contribution in [3.8, 4) is 11.1 Å². The van der Waals surface area contributed by atoms with Crippen LogP contribution in [0.5, 0.6) is 0 Å². The first-order valence-corrected chi connectivity index (χ1v) is 9.54. The molecule has 152 valence electrons. The molecule has 0 unspecified atom stereocenters. The molecule has 8 nitrogen and oxygen atoms in total. The summed E-state index contributed by atoms with van der Waals surface area (Å²) in [5.74, 6) is 0.723. The molecular formula is C19H21Cl2N7O. The normalized spacial score (nSPS) is 19.7. The number of rotatable bonds is 2. The zero-order valence-electron chi connectivity index (χ0n) is 15.7. The number of aliphatic hydroxyl groups excluding tert-OH is 1. The molecule has 2 atom stereocenters. The molecule has 3 aromatic heterocycles. The van der Waals surface area contributed by atoms with Crippen molar-refractivity contribution < 1.29 is 5.11 Å². The average molecular weight is 434 g/mol. The Labute approximate surface area is 178 Å². The number of nitrogens with two attached hydrogens (primary N) is 1. The minimum Gasteiger partial charge on any atom is -0.390 e. The van der Waals surface area contributed by atoms with E-state index in [-0.39, 0.29) is 18.4 Å². The van der Waals surface area contributed by atoms with E-state index < -0.39 is 6.10 Å². The predicted molar refractivity (Wildman–Crippen MR) is 117 cm³/mol. The molecule has 4 aromatic rings. The molecule has 0 spiro atoms. The summed E-state index contributed by atoms with van der Waals surface area (Å²) in [5, 5.41) is 16.0. The monoisotopic (exact) mass is 433 g/mol. The van der Waals surface area contributed by atoms with Crippen LogP contribution in [0.25, 0.3) is 33.2 Å². The van der Waals surface area contributed by atoms with Crippen molar-refractivity contribution in [1.82, 2.24) is 24.7 Å². The SMILES string of the molecule is Cl.Cn1cc2c(Cl)c(-c3c[nH]c4nc(N5CC[C@H](N)[C@@H](O)C5)cnc34)ccc2n1. The van der Waals surface area contributed by atoms with E-state index in [1.807, 2.05) is 36.5 Å². The fourth-order valence-corrected chi connectivity index (χ4v) is 4.10. The summed E-state index contributed by atoms with van der Waals surface area (Å²) in [6.45, 7) is 1.20. The first-order valence-electron chi connectivity index (χ1n) is 9.16. The van der Waals surface area contributed by atoms with Gasteiger partial charge in [-0.25, -0.2) is 9.97 Å². The van der Waals surface area contributed by atoms with Crippen molar-refractivity contribution in [2.24, 2.45) is 12.8 Å². The first-order chi connectivity index (χ1) is 13.5. The highest BCUT2D eigenvalue weighted by atomic mass is 35.5. The molecule has 1 aliphatic heterocycles. The summed E-state index contributed by atoms with van der Waals surface area (Å²) in [4.78, 5) is 14.5. The van der Waals surface area contributed by atoms with Gasteiger partial charge in [0.15, 0.2) is 5.65 Å². The quantitative estimate of drug-likeness (QED) is 0.447. The van der Waals surface area contributed by atoms with Gasteiger partial charge in [0.25, 0.3) is 0 Å². The number of aromatic amines is 1. The molecule has 1 saturated heterocycles. The second-order valence-electron chi connectivity index (χ2n) is 7.26. The van der Waals surface area contributed by atoms with Crippen LogP contribution in [-0.4, -0.2) is 55.1 Å². The van der Waals surface area contributed by atoms with Crippen LogP contribution in [0, 0.1) is 0 Å². The number of halogens is 2. The lowest BCUT2D eigenvalue weighted by molar-refractivity contribution is 0.131. The van der Waals surface area contributed by atoms with Gasteiger partial charge in [-0.05, 0) is 12.5 Å². The summed E-state index contributed by atoms with van der Waals surface area (Å²) in [6, 6.07) is 3.72. The van der Waals surface area contributed by atoms with E-state index in [1.165, 1.54) is 0 Å². The Kier molecular flexibility index (Phi) is 5.12. The van der Waals surface area contributed by atoms with Gasteiger partial charge >= 0.3 is 0 Å². The van der Waals surface area contributed by atoms with Crippen LogP contribution >= 0.6 is 24.0 Å². The Bertz CT molecular complexity index is 1190. The van der Waals surface area contributed by atoms with Crippen molar-refractivity contribution in [2.75, 3.05) is 18.0 Å². The van der Waals surface area contributed by atoms with E-state index in [4.69, 9.17) is 22.3 Å². The number of nitrogens with one attached hydrogen (secondary N) is 1. The van der Waals surface area contributed by atoms with Gasteiger partial charge in [-0.3, -0.25) is 4.68 Å². The van der Waals surface area contributed by atoms with Gasteiger partial charge in [-0.2, -0.15) is 5.10 Å². The summed E-state index contributed by atoms with van der Waals surface area (Å²) >= 11 is 6.67. The molecule has 29 heavy (non-hydrogen) atoms. The van der Waals surface area contributed by atoms with Crippen molar-refractivity contribution in [3.63, 3.8) is 0 Å². The first kappa shape index (κ1) is 19.9. The fraction of sp³-hybridized carbons (Fsp3) is 0.316. The smallest absolute Gasteiger partial charge is 0.159 e. The molecule has 10 heteroatoms. The number of hydrogen-bond acceptors (Lipinski definition) is 6. The Balaban J connectivity index is 0.00000205. The van der Waals surface area contributed by atoms with Crippen LogP contribution < -0.4 is 10.6 Å². The third kappa shape index (κ3) is 3.32. The number of hydrogen-bond donors (Lipinski definition) is 3. The van der Waals surface area contributed by atoms with Gasteiger partial charge in [-0.15, -0.1) is 12.4 Å². The van der Waals surface area contributed by atoms with E-state index in [0.29, 0.717) is 17.2 Å². The second kappa shape index (κ2) is 7.46. The highest BCUT2D eigenvalue weighted by molar-refractivity contribution is 6.38. The molecule has 1 aromatic carbocycles. The molecule has 1 fully saturated rings. The van der Waals surface area contributed by atoms with Gasteiger partial charge in [-0.1, -0.05) is 17.7 Å². The lowest BCUT2D eigenvalue weighted by Gasteiger charge is -2.34. The minimum absolute atomic E-state index is 0. The second-order valence-corrected chi connectivity index (χ2v) is 7.63. The van der Waals surface area contributed by atoms with Crippen LogP contribution in [0.3, 0.4) is 0 Å². The topological polar surface area (TPSA) is 109 Å². The van der Waals surface area contributed by atoms with Crippen LogP contribution in [0.2, 0.25) is 5.02 Å². The molecule has 1 aliphatic rings. The van der Waals surface area contributed by atoms with Gasteiger partial charge in [0.2, 0.25) is 0 Å². The number of benzene rings is 1. The van der Waals surface area contributed by atoms with E-state index in [2.05, 4.69) is 15.1 Å². The summed E-state index contributed by atoms with van der Waals surface area (Å²) in [6.07, 6.45) is 5.68. The number of aromatic nitrogens is 5. The van der Waals surface area contributed by atoms with E-state index >= 15 is 0 Å². The largest absolute Gasteiger partial charge is 0.390 e. The summed E-state index contributed by atoms with van der Waals surface area (Å²) in [7, 11) is 1.87. The number of aryl methyl sites for hydroxylation is 1. The van der Waals surface area contributed by atoms with Gasteiger partial charge in [0.05, 0.1) is 22.8 Å². The molecule has 0 bridgehead atoms. The molecule has 5 rings (SSSR count). The number of anilines is 1. The molecule has 0 radical (unpaired) electrons. The predicted octanol–water partition coefficient (Wildman–Crippen LogP) is 2.49. The summed E-state index contributed by atoms with van der Waals surface area (Å²) < 4.78 is 1.75. The minimum atomic E-state index is -0.560. The van der Waals surface area contributed by atoms with Crippen molar-refractivity contribution >= 4 is 51.9 Å². The van der Waals surface area contributed by atoms with Crippen molar-refractivity contribution in [2.45, 2.75) is 18.6 Å². The van der Waals surface area contributed by atoms with E-state index in [9.17, 15) is 5.11 Å². The number of β-amino-alcohol motifs (C(OH)–C–C–N with tert-alkyl or cyclic N) is 1. The number of nitrogens with zero attached hydrogens (tertiary/aromatic N) is 5. The van der Waals surface area contributed by atoms with Crippen molar-refractivity contribution in [3.05, 3.63) is 35.7 Å². The molecule has 0 aliphatic carbocycles. The Hall–Kier alpha value is -2.39. The zero-order valence-corrected chi connectivity index (χ0v) is 17.3. The van der Waals surface area contributed by atoms with Gasteiger partial charge in [0.1, 0.15) is 11.3 Å². The Morgan fingerprint density at radius 3 is 2.93 bits per heavy atom. The number of H-pyrrole nitrogens is 1. The Morgan fingerprint density at radius 2 is 2.14 bits per heavy atom.